The lowest BCUT2D eigenvalue weighted by Crippen LogP contribution is -2.54. The summed E-state index contributed by atoms with van der Waals surface area (Å²) in [5.41, 5.74) is 1.22. The summed E-state index contributed by atoms with van der Waals surface area (Å²) in [6.07, 6.45) is 14.1. The van der Waals surface area contributed by atoms with Gasteiger partial charge in [-0.2, -0.15) is 0 Å². The minimum absolute atomic E-state index is 0.589. The van der Waals surface area contributed by atoms with Gasteiger partial charge in [0.1, 0.15) is 0 Å². The lowest BCUT2D eigenvalue weighted by atomic mass is 9.42. The molecule has 5 aliphatic rings. The third-order valence-electron chi connectivity index (χ3n) is 6.56. The van der Waals surface area contributed by atoms with E-state index in [0.717, 1.165) is 17.8 Å². The summed E-state index contributed by atoms with van der Waals surface area (Å²) in [6.45, 7) is 5.01. The Bertz CT molecular complexity index is 349. The maximum absolute atomic E-state index is 2.62. The van der Waals surface area contributed by atoms with Crippen LogP contribution in [0.1, 0.15) is 52.4 Å². The predicted octanol–water partition coefficient (Wildman–Crippen LogP) is 4.37. The molecule has 0 heteroatoms. The largest absolute Gasteiger partial charge is 0.0848 e. The fourth-order valence-electron chi connectivity index (χ4n) is 5.37. The van der Waals surface area contributed by atoms with Crippen LogP contribution in [-0.2, 0) is 0 Å². The summed E-state index contributed by atoms with van der Waals surface area (Å²) in [5.74, 6) is 4.87. The number of fused-ring (bicyclic) bond motifs is 5. The summed E-state index contributed by atoms with van der Waals surface area (Å²) in [4.78, 5) is 0. The molecule has 4 bridgehead atoms. The molecule has 1 radical (unpaired) electrons. The van der Waals surface area contributed by atoms with Gasteiger partial charge in [0.05, 0.1) is 0 Å². The molecule has 4 saturated carbocycles. The third-order valence-corrected chi connectivity index (χ3v) is 6.56. The van der Waals surface area contributed by atoms with Crippen LogP contribution in [0.4, 0.5) is 0 Å². The Labute approximate surface area is 99.5 Å². The topological polar surface area (TPSA) is 0 Å². The van der Waals surface area contributed by atoms with Gasteiger partial charge in [-0.1, -0.05) is 26.0 Å². The Morgan fingerprint density at radius 2 is 2.06 bits per heavy atom. The maximum Gasteiger partial charge on any atom is -0.00784 e. The molecule has 0 nitrogen and oxygen atoms in total. The molecule has 0 spiro atoms. The van der Waals surface area contributed by atoms with Crippen LogP contribution < -0.4 is 0 Å². The minimum Gasteiger partial charge on any atom is -0.0848 e. The van der Waals surface area contributed by atoms with E-state index in [1.165, 1.54) is 38.5 Å². The summed E-state index contributed by atoms with van der Waals surface area (Å²) in [7, 11) is 0. The highest BCUT2D eigenvalue weighted by Gasteiger charge is 2.60. The first-order chi connectivity index (χ1) is 7.62. The molecule has 0 N–H and O–H groups in total. The first kappa shape index (κ1) is 9.74. The Hall–Kier alpha value is -0.260. The molecule has 4 unspecified atom stereocenters. The normalized spacial score (nSPS) is 53.0. The highest BCUT2D eigenvalue weighted by Crippen LogP contribution is 2.70. The van der Waals surface area contributed by atoms with Crippen LogP contribution in [0.15, 0.2) is 12.2 Å². The Morgan fingerprint density at radius 3 is 2.56 bits per heavy atom. The van der Waals surface area contributed by atoms with Gasteiger partial charge in [0.2, 0.25) is 0 Å². The van der Waals surface area contributed by atoms with E-state index >= 15 is 0 Å². The van der Waals surface area contributed by atoms with Gasteiger partial charge in [0.15, 0.2) is 0 Å². The van der Waals surface area contributed by atoms with Crippen molar-refractivity contribution in [1.29, 1.82) is 0 Å². The average Bonchev–Trinajstić information content (AvgIpc) is 2.90. The predicted molar refractivity (Wildman–Crippen MR) is 66.8 cm³/mol. The monoisotopic (exact) mass is 215 g/mol. The lowest BCUT2D eigenvalue weighted by molar-refractivity contribution is -0.0145. The molecule has 4 fully saturated rings. The molecule has 87 valence electrons. The zero-order chi connectivity index (χ0) is 11.0. The number of hydrogen-bond acceptors (Lipinski definition) is 0. The Kier molecular flexibility index (Phi) is 1.68. The summed E-state index contributed by atoms with van der Waals surface area (Å²) in [6, 6.07) is 0. The van der Waals surface area contributed by atoms with Crippen LogP contribution in [0.3, 0.4) is 0 Å². The second-order valence-corrected chi connectivity index (χ2v) is 7.37. The second kappa shape index (κ2) is 2.76. The zero-order valence-corrected chi connectivity index (χ0v) is 10.6. The molecule has 0 aromatic carbocycles. The van der Waals surface area contributed by atoms with Gasteiger partial charge in [0.25, 0.3) is 0 Å². The van der Waals surface area contributed by atoms with Crippen molar-refractivity contribution in [2.24, 2.45) is 28.6 Å². The third kappa shape index (κ3) is 0.978. The van der Waals surface area contributed by atoms with Crippen LogP contribution in [0.5, 0.6) is 0 Å². The Balaban J connectivity index is 1.67. The summed E-state index contributed by atoms with van der Waals surface area (Å²) >= 11 is 0. The fraction of sp³-hybridized carbons (Fsp3) is 0.812. The molecule has 4 atom stereocenters. The van der Waals surface area contributed by atoms with Gasteiger partial charge < -0.3 is 0 Å². The van der Waals surface area contributed by atoms with Gasteiger partial charge in [-0.05, 0) is 73.0 Å². The molecule has 0 aromatic rings. The average molecular weight is 215 g/mol. The van der Waals surface area contributed by atoms with Crippen molar-refractivity contribution in [1.82, 2.24) is 0 Å². The highest BCUT2D eigenvalue weighted by molar-refractivity contribution is 5.30. The van der Waals surface area contributed by atoms with Crippen molar-refractivity contribution >= 4 is 0 Å². The van der Waals surface area contributed by atoms with Crippen molar-refractivity contribution < 1.29 is 0 Å². The van der Waals surface area contributed by atoms with Crippen molar-refractivity contribution in [3.63, 3.8) is 0 Å². The van der Waals surface area contributed by atoms with E-state index in [4.69, 9.17) is 0 Å². The SMILES string of the molecule is CC1(C)[C]2CC1CCC2C12C=CC(CC1)C2. The van der Waals surface area contributed by atoms with Crippen LogP contribution in [0.25, 0.3) is 0 Å². The molecular weight excluding hydrogens is 192 g/mol. The van der Waals surface area contributed by atoms with Gasteiger partial charge in [0, 0.05) is 0 Å². The van der Waals surface area contributed by atoms with Crippen molar-refractivity contribution in [2.45, 2.75) is 52.4 Å². The first-order valence-electron chi connectivity index (χ1n) is 7.17. The molecule has 0 saturated heterocycles. The molecule has 16 heavy (non-hydrogen) atoms. The number of rotatable bonds is 1. The van der Waals surface area contributed by atoms with Crippen molar-refractivity contribution in [3.05, 3.63) is 18.1 Å². The van der Waals surface area contributed by atoms with E-state index in [1.54, 1.807) is 0 Å². The van der Waals surface area contributed by atoms with Gasteiger partial charge in [-0.25, -0.2) is 0 Å². The Morgan fingerprint density at radius 1 is 1.19 bits per heavy atom. The van der Waals surface area contributed by atoms with E-state index in [9.17, 15) is 0 Å². The highest BCUT2D eigenvalue weighted by atomic mass is 14.6. The van der Waals surface area contributed by atoms with E-state index in [0.29, 0.717) is 10.8 Å². The molecule has 0 aliphatic heterocycles. The van der Waals surface area contributed by atoms with E-state index in [2.05, 4.69) is 26.0 Å². The van der Waals surface area contributed by atoms with E-state index < -0.39 is 0 Å². The van der Waals surface area contributed by atoms with Crippen LogP contribution in [-0.4, -0.2) is 0 Å². The molecule has 0 heterocycles. The molecule has 0 aromatic heterocycles. The number of allylic oxidation sites excluding steroid dienone is 2. The molecular formula is C16H23. The maximum atomic E-state index is 2.62. The molecule has 5 rings (SSSR count). The second-order valence-electron chi connectivity index (χ2n) is 7.37. The fourth-order valence-corrected chi connectivity index (χ4v) is 5.37. The summed E-state index contributed by atoms with van der Waals surface area (Å²) < 4.78 is 0. The van der Waals surface area contributed by atoms with Gasteiger partial charge in [-0.15, -0.1) is 0 Å². The molecule has 5 aliphatic carbocycles. The number of hydrogen-bond donors (Lipinski definition) is 0. The van der Waals surface area contributed by atoms with Crippen LogP contribution in [0.2, 0.25) is 0 Å². The van der Waals surface area contributed by atoms with E-state index in [-0.39, 0.29) is 0 Å². The van der Waals surface area contributed by atoms with Crippen LogP contribution in [0, 0.1) is 34.5 Å². The van der Waals surface area contributed by atoms with Crippen molar-refractivity contribution in [3.8, 4) is 0 Å². The van der Waals surface area contributed by atoms with Gasteiger partial charge in [-0.3, -0.25) is 0 Å². The first-order valence-corrected chi connectivity index (χ1v) is 7.17. The lowest BCUT2D eigenvalue weighted by Gasteiger charge is -2.62. The molecule has 0 amide bonds. The van der Waals surface area contributed by atoms with Crippen LogP contribution >= 0.6 is 0 Å². The minimum atomic E-state index is 0.589. The van der Waals surface area contributed by atoms with Crippen molar-refractivity contribution in [2.75, 3.05) is 0 Å². The standard InChI is InChI=1S/C16H23/c1-15(2)12-3-4-13(14(15)9-12)16-7-5-11(10-16)6-8-16/h5,7,11-13H,3-4,6,8-10H2,1-2H3. The van der Waals surface area contributed by atoms with Gasteiger partial charge >= 0.3 is 0 Å². The van der Waals surface area contributed by atoms with E-state index in [1.807, 2.05) is 5.92 Å². The quantitative estimate of drug-likeness (QED) is 0.570. The smallest absolute Gasteiger partial charge is 0.00784 e. The summed E-state index contributed by atoms with van der Waals surface area (Å²) in [5, 5.41) is 0. The zero-order valence-electron chi connectivity index (χ0n) is 10.6.